The Balaban J connectivity index is 2.41. The van der Waals surface area contributed by atoms with Crippen LogP contribution in [0.5, 0.6) is 5.75 Å². The number of piperidine rings is 1. The van der Waals surface area contributed by atoms with Crippen LogP contribution < -0.4 is 10.1 Å². The van der Waals surface area contributed by atoms with Gasteiger partial charge >= 0.3 is 0 Å². The van der Waals surface area contributed by atoms with E-state index >= 15 is 0 Å². The zero-order chi connectivity index (χ0) is 14.0. The summed E-state index contributed by atoms with van der Waals surface area (Å²) in [7, 11) is 1.78. The SMILES string of the molecule is COc1cc(C2CCCNC2)c(C)cc1C(C)(C)C. The summed E-state index contributed by atoms with van der Waals surface area (Å²) in [6.07, 6.45) is 2.55. The average Bonchev–Trinajstić information content (AvgIpc) is 2.38. The molecule has 0 radical (unpaired) electrons. The van der Waals surface area contributed by atoms with Crippen molar-refractivity contribution in [3.05, 3.63) is 28.8 Å². The minimum Gasteiger partial charge on any atom is -0.496 e. The number of nitrogens with one attached hydrogen (secondary N) is 1. The molecular formula is C17H27NO. The predicted molar refractivity (Wildman–Crippen MR) is 81.3 cm³/mol. The van der Waals surface area contributed by atoms with Crippen molar-refractivity contribution in [2.75, 3.05) is 20.2 Å². The lowest BCUT2D eigenvalue weighted by molar-refractivity contribution is 0.394. The smallest absolute Gasteiger partial charge is 0.122 e. The van der Waals surface area contributed by atoms with Gasteiger partial charge in [-0.15, -0.1) is 0 Å². The molecule has 1 aliphatic rings. The van der Waals surface area contributed by atoms with E-state index in [0.717, 1.165) is 18.8 Å². The number of hydrogen-bond donors (Lipinski definition) is 1. The van der Waals surface area contributed by atoms with Crippen LogP contribution in [0.15, 0.2) is 12.1 Å². The lowest BCUT2D eigenvalue weighted by atomic mass is 9.81. The van der Waals surface area contributed by atoms with E-state index in [0.29, 0.717) is 5.92 Å². The van der Waals surface area contributed by atoms with Crippen molar-refractivity contribution in [1.82, 2.24) is 5.32 Å². The monoisotopic (exact) mass is 261 g/mol. The van der Waals surface area contributed by atoms with Gasteiger partial charge in [-0.25, -0.2) is 0 Å². The molecule has 1 aromatic carbocycles. The molecule has 1 aromatic rings. The van der Waals surface area contributed by atoms with Gasteiger partial charge < -0.3 is 10.1 Å². The number of rotatable bonds is 2. The molecule has 1 N–H and O–H groups in total. The highest BCUT2D eigenvalue weighted by atomic mass is 16.5. The Bertz CT molecular complexity index is 439. The van der Waals surface area contributed by atoms with Gasteiger partial charge in [0.05, 0.1) is 7.11 Å². The number of ether oxygens (including phenoxy) is 1. The second-order valence-corrected chi connectivity index (χ2v) is 6.70. The summed E-state index contributed by atoms with van der Waals surface area (Å²) in [6.45, 7) is 11.2. The van der Waals surface area contributed by atoms with Crippen molar-refractivity contribution in [3.8, 4) is 5.75 Å². The fourth-order valence-electron chi connectivity index (χ4n) is 3.02. The quantitative estimate of drug-likeness (QED) is 0.875. The Morgan fingerprint density at radius 1 is 1.26 bits per heavy atom. The van der Waals surface area contributed by atoms with Crippen LogP contribution in [0.3, 0.4) is 0 Å². The molecule has 2 rings (SSSR count). The summed E-state index contributed by atoms with van der Waals surface area (Å²) in [5.41, 5.74) is 4.29. The predicted octanol–water partition coefficient (Wildman–Crippen LogP) is 3.77. The number of aryl methyl sites for hydroxylation is 1. The van der Waals surface area contributed by atoms with Crippen molar-refractivity contribution >= 4 is 0 Å². The molecule has 19 heavy (non-hydrogen) atoms. The van der Waals surface area contributed by atoms with E-state index in [2.05, 4.69) is 45.1 Å². The van der Waals surface area contributed by atoms with E-state index in [4.69, 9.17) is 4.74 Å². The zero-order valence-corrected chi connectivity index (χ0v) is 13.0. The van der Waals surface area contributed by atoms with Crippen molar-refractivity contribution < 1.29 is 4.74 Å². The summed E-state index contributed by atoms with van der Waals surface area (Å²) >= 11 is 0. The molecule has 1 atom stereocenters. The largest absolute Gasteiger partial charge is 0.496 e. The Labute approximate surface area is 117 Å². The summed E-state index contributed by atoms with van der Waals surface area (Å²) in [5.74, 6) is 1.68. The molecule has 1 aliphatic heterocycles. The Kier molecular flexibility index (Phi) is 4.19. The molecule has 1 unspecified atom stereocenters. The fourth-order valence-corrected chi connectivity index (χ4v) is 3.02. The first-order valence-corrected chi connectivity index (χ1v) is 7.33. The molecule has 0 bridgehead atoms. The first-order valence-electron chi connectivity index (χ1n) is 7.33. The van der Waals surface area contributed by atoms with Crippen molar-refractivity contribution in [2.45, 2.75) is 51.9 Å². The second kappa shape index (κ2) is 5.54. The first kappa shape index (κ1) is 14.4. The van der Waals surface area contributed by atoms with E-state index in [1.165, 1.54) is 29.5 Å². The standard InChI is InChI=1S/C17H27NO/c1-12-9-15(17(2,3)4)16(19-5)10-14(12)13-7-6-8-18-11-13/h9-10,13,18H,6-8,11H2,1-5H3. The van der Waals surface area contributed by atoms with Gasteiger partial charge in [0, 0.05) is 6.54 Å². The van der Waals surface area contributed by atoms with Gasteiger partial charge in [-0.1, -0.05) is 26.8 Å². The lowest BCUT2D eigenvalue weighted by Crippen LogP contribution is -2.29. The maximum atomic E-state index is 5.64. The maximum Gasteiger partial charge on any atom is 0.122 e. The van der Waals surface area contributed by atoms with E-state index in [1.54, 1.807) is 7.11 Å². The van der Waals surface area contributed by atoms with Crippen molar-refractivity contribution in [3.63, 3.8) is 0 Å². The molecule has 1 saturated heterocycles. The highest BCUT2D eigenvalue weighted by Crippen LogP contribution is 2.37. The molecule has 1 fully saturated rings. The Morgan fingerprint density at radius 3 is 2.53 bits per heavy atom. The van der Waals surface area contributed by atoms with Gasteiger partial charge in [0.25, 0.3) is 0 Å². The highest BCUT2D eigenvalue weighted by Gasteiger charge is 2.23. The highest BCUT2D eigenvalue weighted by molar-refractivity contribution is 5.47. The van der Waals surface area contributed by atoms with Crippen LogP contribution in [0.25, 0.3) is 0 Å². The van der Waals surface area contributed by atoms with Gasteiger partial charge in [0.15, 0.2) is 0 Å². The maximum absolute atomic E-state index is 5.64. The van der Waals surface area contributed by atoms with E-state index in [9.17, 15) is 0 Å². The molecular weight excluding hydrogens is 234 g/mol. The van der Waals surface area contributed by atoms with Crippen LogP contribution in [-0.4, -0.2) is 20.2 Å². The molecule has 0 saturated carbocycles. The van der Waals surface area contributed by atoms with Gasteiger partial charge in [0.1, 0.15) is 5.75 Å². The second-order valence-electron chi connectivity index (χ2n) is 6.70. The summed E-state index contributed by atoms with van der Waals surface area (Å²) in [5, 5.41) is 3.50. The Morgan fingerprint density at radius 2 is 2.00 bits per heavy atom. The third-order valence-corrected chi connectivity index (χ3v) is 4.13. The third-order valence-electron chi connectivity index (χ3n) is 4.13. The Hall–Kier alpha value is -1.02. The summed E-state index contributed by atoms with van der Waals surface area (Å²) in [6, 6.07) is 4.59. The van der Waals surface area contributed by atoms with Crippen LogP contribution in [0.1, 0.15) is 56.2 Å². The molecule has 0 aromatic heterocycles. The lowest BCUT2D eigenvalue weighted by Gasteiger charge is -2.28. The molecule has 1 heterocycles. The molecule has 0 spiro atoms. The van der Waals surface area contributed by atoms with Crippen LogP contribution >= 0.6 is 0 Å². The van der Waals surface area contributed by atoms with Crippen LogP contribution in [0.2, 0.25) is 0 Å². The van der Waals surface area contributed by atoms with E-state index in [-0.39, 0.29) is 5.41 Å². The van der Waals surface area contributed by atoms with Gasteiger partial charge in [-0.2, -0.15) is 0 Å². The van der Waals surface area contributed by atoms with Gasteiger partial charge in [-0.05, 0) is 60.4 Å². The number of methoxy groups -OCH3 is 1. The van der Waals surface area contributed by atoms with Crippen LogP contribution in [0.4, 0.5) is 0 Å². The molecule has 0 aliphatic carbocycles. The van der Waals surface area contributed by atoms with Crippen LogP contribution in [0, 0.1) is 6.92 Å². The third kappa shape index (κ3) is 3.11. The minimum absolute atomic E-state index is 0.124. The van der Waals surface area contributed by atoms with Crippen LogP contribution in [-0.2, 0) is 5.41 Å². The molecule has 2 nitrogen and oxygen atoms in total. The normalized spacial score (nSPS) is 20.4. The van der Waals surface area contributed by atoms with Gasteiger partial charge in [0.2, 0.25) is 0 Å². The first-order chi connectivity index (χ1) is 8.93. The van der Waals surface area contributed by atoms with E-state index < -0.39 is 0 Å². The van der Waals surface area contributed by atoms with Crippen molar-refractivity contribution in [2.24, 2.45) is 0 Å². The minimum atomic E-state index is 0.124. The van der Waals surface area contributed by atoms with E-state index in [1.807, 2.05) is 0 Å². The number of benzene rings is 1. The fraction of sp³-hybridized carbons (Fsp3) is 0.647. The summed E-state index contributed by atoms with van der Waals surface area (Å²) in [4.78, 5) is 0. The molecule has 106 valence electrons. The van der Waals surface area contributed by atoms with Crippen molar-refractivity contribution in [1.29, 1.82) is 0 Å². The summed E-state index contributed by atoms with van der Waals surface area (Å²) < 4.78 is 5.64. The van der Waals surface area contributed by atoms with Gasteiger partial charge in [-0.3, -0.25) is 0 Å². The zero-order valence-electron chi connectivity index (χ0n) is 13.0. The molecule has 2 heteroatoms. The average molecular weight is 261 g/mol. The number of hydrogen-bond acceptors (Lipinski definition) is 2. The molecule has 0 amide bonds. The topological polar surface area (TPSA) is 21.3 Å².